The molecule has 1 N–H and O–H groups in total. The summed E-state index contributed by atoms with van der Waals surface area (Å²) in [6, 6.07) is 7.27. The average molecular weight is 208 g/mol. The van der Waals surface area contributed by atoms with E-state index in [9.17, 15) is 5.11 Å². The van der Waals surface area contributed by atoms with Crippen molar-refractivity contribution in [3.8, 4) is 5.75 Å². The van der Waals surface area contributed by atoms with Gasteiger partial charge in [-0.2, -0.15) is 0 Å². The summed E-state index contributed by atoms with van der Waals surface area (Å²) in [6.07, 6.45) is 2.50. The molecule has 0 atom stereocenters. The summed E-state index contributed by atoms with van der Waals surface area (Å²) >= 11 is 0. The Morgan fingerprint density at radius 2 is 1.87 bits per heavy atom. The lowest BCUT2D eigenvalue weighted by Crippen LogP contribution is -1.84. The zero-order chi connectivity index (χ0) is 11.5. The SMILES string of the molecule is C=CCc1ccccc1O.CCOCC. The van der Waals surface area contributed by atoms with Crippen LogP contribution >= 0.6 is 0 Å². The summed E-state index contributed by atoms with van der Waals surface area (Å²) in [4.78, 5) is 0. The third kappa shape index (κ3) is 6.75. The molecule has 0 aromatic heterocycles. The summed E-state index contributed by atoms with van der Waals surface area (Å²) in [7, 11) is 0. The number of allylic oxidation sites excluding steroid dienone is 1. The molecule has 1 aromatic rings. The summed E-state index contributed by atoms with van der Waals surface area (Å²) in [6.45, 7) is 9.25. The summed E-state index contributed by atoms with van der Waals surface area (Å²) in [5.74, 6) is 0.349. The van der Waals surface area contributed by atoms with Crippen LogP contribution in [0.25, 0.3) is 0 Å². The number of aromatic hydroxyl groups is 1. The molecule has 2 heteroatoms. The minimum absolute atomic E-state index is 0.349. The van der Waals surface area contributed by atoms with E-state index in [-0.39, 0.29) is 0 Å². The van der Waals surface area contributed by atoms with Gasteiger partial charge in [-0.3, -0.25) is 0 Å². The maximum atomic E-state index is 9.19. The molecule has 84 valence electrons. The second kappa shape index (κ2) is 9.28. The van der Waals surface area contributed by atoms with Gasteiger partial charge in [0.25, 0.3) is 0 Å². The third-order valence-corrected chi connectivity index (χ3v) is 1.76. The molecule has 0 aliphatic rings. The summed E-state index contributed by atoms with van der Waals surface area (Å²) < 4.78 is 4.83. The predicted octanol–water partition coefficient (Wildman–Crippen LogP) is 3.16. The van der Waals surface area contributed by atoms with E-state index in [1.54, 1.807) is 12.1 Å². The Kier molecular flexibility index (Phi) is 8.49. The number of hydrogen-bond donors (Lipinski definition) is 1. The van der Waals surface area contributed by atoms with Crippen LogP contribution in [0.5, 0.6) is 5.75 Å². The average Bonchev–Trinajstić information content (AvgIpc) is 2.24. The van der Waals surface area contributed by atoms with Crippen molar-refractivity contribution in [1.82, 2.24) is 0 Å². The lowest BCUT2D eigenvalue weighted by Gasteiger charge is -1.97. The summed E-state index contributed by atoms with van der Waals surface area (Å²) in [5.41, 5.74) is 0.928. The number of phenolic OH excluding ortho intramolecular Hbond substituents is 1. The van der Waals surface area contributed by atoms with E-state index >= 15 is 0 Å². The molecular weight excluding hydrogens is 188 g/mol. The molecule has 0 saturated heterocycles. The maximum absolute atomic E-state index is 9.19. The Morgan fingerprint density at radius 1 is 1.27 bits per heavy atom. The monoisotopic (exact) mass is 208 g/mol. The van der Waals surface area contributed by atoms with Gasteiger partial charge in [0.05, 0.1) is 0 Å². The van der Waals surface area contributed by atoms with Crippen molar-refractivity contribution in [2.75, 3.05) is 13.2 Å². The van der Waals surface area contributed by atoms with E-state index in [0.29, 0.717) is 5.75 Å². The number of rotatable bonds is 4. The summed E-state index contributed by atoms with van der Waals surface area (Å²) in [5, 5.41) is 9.19. The molecule has 0 heterocycles. The van der Waals surface area contributed by atoms with Gasteiger partial charge >= 0.3 is 0 Å². The fraction of sp³-hybridized carbons (Fsp3) is 0.385. The maximum Gasteiger partial charge on any atom is 0.119 e. The molecule has 0 aliphatic heterocycles. The molecular formula is C13H20O2. The van der Waals surface area contributed by atoms with E-state index in [1.807, 2.05) is 32.0 Å². The Balaban J connectivity index is 0.000000336. The van der Waals surface area contributed by atoms with E-state index < -0.39 is 0 Å². The highest BCUT2D eigenvalue weighted by molar-refractivity contribution is 5.32. The van der Waals surface area contributed by atoms with Crippen LogP contribution in [0, 0.1) is 0 Å². The van der Waals surface area contributed by atoms with Crippen LogP contribution in [0.3, 0.4) is 0 Å². The lowest BCUT2D eigenvalue weighted by atomic mass is 10.1. The molecule has 15 heavy (non-hydrogen) atoms. The van der Waals surface area contributed by atoms with Gasteiger partial charge in [0.15, 0.2) is 0 Å². The predicted molar refractivity (Wildman–Crippen MR) is 64.2 cm³/mol. The first kappa shape index (κ1) is 13.7. The van der Waals surface area contributed by atoms with Crippen molar-refractivity contribution in [2.24, 2.45) is 0 Å². The normalized spacial score (nSPS) is 8.93. The smallest absolute Gasteiger partial charge is 0.119 e. The first-order valence-electron chi connectivity index (χ1n) is 5.21. The molecule has 1 aromatic carbocycles. The Bertz CT molecular complexity index is 267. The fourth-order valence-corrected chi connectivity index (χ4v) is 1.04. The van der Waals surface area contributed by atoms with Crippen LogP contribution in [0.1, 0.15) is 19.4 Å². The molecule has 0 spiro atoms. The highest BCUT2D eigenvalue weighted by atomic mass is 16.5. The zero-order valence-corrected chi connectivity index (χ0v) is 9.57. The van der Waals surface area contributed by atoms with Gasteiger partial charge in [-0.1, -0.05) is 24.3 Å². The molecule has 0 aliphatic carbocycles. The minimum Gasteiger partial charge on any atom is -0.508 e. The van der Waals surface area contributed by atoms with Crippen molar-refractivity contribution < 1.29 is 9.84 Å². The Hall–Kier alpha value is -1.28. The molecule has 1 rings (SSSR count). The van der Waals surface area contributed by atoms with Crippen LogP contribution < -0.4 is 0 Å². The van der Waals surface area contributed by atoms with E-state index in [1.165, 1.54) is 0 Å². The van der Waals surface area contributed by atoms with Gasteiger partial charge in [-0.25, -0.2) is 0 Å². The molecule has 0 saturated carbocycles. The van der Waals surface area contributed by atoms with Gasteiger partial charge in [0, 0.05) is 13.2 Å². The van der Waals surface area contributed by atoms with Crippen molar-refractivity contribution in [2.45, 2.75) is 20.3 Å². The molecule has 0 bridgehead atoms. The highest BCUT2D eigenvalue weighted by Crippen LogP contribution is 2.15. The topological polar surface area (TPSA) is 29.5 Å². The number of benzene rings is 1. The van der Waals surface area contributed by atoms with Crippen LogP contribution in [0.15, 0.2) is 36.9 Å². The standard InChI is InChI=1S/C9H10O.C4H10O/c1-2-5-8-6-3-4-7-9(8)10;1-3-5-4-2/h2-4,6-7,10H,1,5H2;3-4H2,1-2H3. The van der Waals surface area contributed by atoms with Gasteiger partial charge in [-0.15, -0.1) is 6.58 Å². The molecule has 0 amide bonds. The largest absolute Gasteiger partial charge is 0.508 e. The first-order valence-corrected chi connectivity index (χ1v) is 5.21. The molecule has 2 nitrogen and oxygen atoms in total. The van der Waals surface area contributed by atoms with Crippen LogP contribution in [0.4, 0.5) is 0 Å². The Morgan fingerprint density at radius 3 is 2.27 bits per heavy atom. The Labute approximate surface area is 92.2 Å². The minimum atomic E-state index is 0.349. The highest BCUT2D eigenvalue weighted by Gasteiger charge is 1.93. The van der Waals surface area contributed by atoms with Crippen molar-refractivity contribution in [1.29, 1.82) is 0 Å². The quantitative estimate of drug-likeness (QED) is 0.770. The van der Waals surface area contributed by atoms with Gasteiger partial charge in [0.2, 0.25) is 0 Å². The number of ether oxygens (including phenoxy) is 1. The second-order valence-corrected chi connectivity index (χ2v) is 2.90. The van der Waals surface area contributed by atoms with E-state index in [4.69, 9.17) is 4.74 Å². The van der Waals surface area contributed by atoms with E-state index in [2.05, 4.69) is 6.58 Å². The van der Waals surface area contributed by atoms with Crippen molar-refractivity contribution >= 4 is 0 Å². The van der Waals surface area contributed by atoms with Crippen molar-refractivity contribution in [3.63, 3.8) is 0 Å². The fourth-order valence-electron chi connectivity index (χ4n) is 1.04. The van der Waals surface area contributed by atoms with Crippen LogP contribution in [-0.4, -0.2) is 18.3 Å². The first-order chi connectivity index (χ1) is 7.26. The number of para-hydroxylation sites is 1. The second-order valence-electron chi connectivity index (χ2n) is 2.90. The van der Waals surface area contributed by atoms with Gasteiger partial charge in [-0.05, 0) is 31.9 Å². The lowest BCUT2D eigenvalue weighted by molar-refractivity contribution is 0.162. The van der Waals surface area contributed by atoms with Crippen LogP contribution in [0.2, 0.25) is 0 Å². The van der Waals surface area contributed by atoms with Crippen LogP contribution in [-0.2, 0) is 11.2 Å². The molecule has 0 fully saturated rings. The van der Waals surface area contributed by atoms with Crippen molar-refractivity contribution in [3.05, 3.63) is 42.5 Å². The number of hydrogen-bond acceptors (Lipinski definition) is 2. The van der Waals surface area contributed by atoms with Gasteiger partial charge in [0.1, 0.15) is 5.75 Å². The van der Waals surface area contributed by atoms with E-state index in [0.717, 1.165) is 25.2 Å². The zero-order valence-electron chi connectivity index (χ0n) is 9.57. The third-order valence-electron chi connectivity index (χ3n) is 1.76. The molecule has 0 radical (unpaired) electrons. The van der Waals surface area contributed by atoms with Gasteiger partial charge < -0.3 is 9.84 Å². The molecule has 0 unspecified atom stereocenters. The number of phenols is 1.